The van der Waals surface area contributed by atoms with Gasteiger partial charge in [0.1, 0.15) is 0 Å². The average Bonchev–Trinajstić information content (AvgIpc) is 2.39. The third-order valence-electron chi connectivity index (χ3n) is 2.95. The maximum atomic E-state index is 12.2. The van der Waals surface area contributed by atoms with Crippen LogP contribution in [0.15, 0.2) is 24.3 Å². The molecule has 2 nitrogen and oxygen atoms in total. The highest BCUT2D eigenvalue weighted by Crippen LogP contribution is 2.12. The Morgan fingerprint density at radius 3 is 2.47 bits per heavy atom. The van der Waals surface area contributed by atoms with Gasteiger partial charge < -0.3 is 5.32 Å². The molecule has 0 amide bonds. The second kappa shape index (κ2) is 9.51. The zero-order valence-electron chi connectivity index (χ0n) is 11.8. The number of benzene rings is 1. The van der Waals surface area contributed by atoms with Crippen LogP contribution in [-0.2, 0) is 16.6 Å². The molecule has 0 spiro atoms. The van der Waals surface area contributed by atoms with Gasteiger partial charge in [0.2, 0.25) is 0 Å². The Hall–Kier alpha value is -0.380. The Morgan fingerprint density at radius 1 is 1.21 bits per heavy atom. The van der Waals surface area contributed by atoms with Crippen LogP contribution in [0.2, 0.25) is 5.02 Å². The molecule has 0 aliphatic rings. The Bertz CT molecular complexity index is 380. The predicted molar refractivity (Wildman–Crippen MR) is 85.2 cm³/mol. The highest BCUT2D eigenvalue weighted by atomic mass is 35.5. The van der Waals surface area contributed by atoms with Gasteiger partial charge in [0.15, 0.2) is 0 Å². The molecule has 108 valence electrons. The van der Waals surface area contributed by atoms with Crippen molar-refractivity contribution in [3.63, 3.8) is 0 Å². The zero-order valence-corrected chi connectivity index (χ0v) is 13.4. The Labute approximate surface area is 124 Å². The van der Waals surface area contributed by atoms with Crippen molar-refractivity contribution in [2.75, 3.05) is 12.3 Å². The van der Waals surface area contributed by atoms with Crippen LogP contribution in [-0.4, -0.2) is 22.5 Å². The van der Waals surface area contributed by atoms with Crippen LogP contribution in [0.25, 0.3) is 0 Å². The Balaban J connectivity index is 2.45. The summed E-state index contributed by atoms with van der Waals surface area (Å²) in [5.41, 5.74) is 1.09. The molecule has 19 heavy (non-hydrogen) atoms. The van der Waals surface area contributed by atoms with Gasteiger partial charge in [-0.15, -0.1) is 0 Å². The molecule has 1 N–H and O–H groups in total. The number of nitrogens with one attached hydrogen (secondary N) is 1. The van der Waals surface area contributed by atoms with E-state index >= 15 is 0 Å². The van der Waals surface area contributed by atoms with Gasteiger partial charge in [-0.3, -0.25) is 4.21 Å². The molecular weight excluding hydrogens is 278 g/mol. The lowest BCUT2D eigenvalue weighted by molar-refractivity contribution is 0.510. The van der Waals surface area contributed by atoms with Crippen molar-refractivity contribution >= 4 is 22.4 Å². The normalized spacial score (nSPS) is 14.3. The summed E-state index contributed by atoms with van der Waals surface area (Å²) < 4.78 is 12.2. The van der Waals surface area contributed by atoms with E-state index in [2.05, 4.69) is 19.2 Å². The van der Waals surface area contributed by atoms with Crippen molar-refractivity contribution in [3.05, 3.63) is 34.9 Å². The van der Waals surface area contributed by atoms with E-state index in [0.717, 1.165) is 42.1 Å². The first-order valence-corrected chi connectivity index (χ1v) is 8.85. The summed E-state index contributed by atoms with van der Waals surface area (Å²) in [6.07, 6.45) is 3.33. The SMILES string of the molecule is CCCNC(CCC)CS(=O)Cc1ccc(Cl)cc1. The molecule has 2 atom stereocenters. The van der Waals surface area contributed by atoms with Gasteiger partial charge >= 0.3 is 0 Å². The van der Waals surface area contributed by atoms with Crippen LogP contribution < -0.4 is 5.32 Å². The Morgan fingerprint density at radius 2 is 1.89 bits per heavy atom. The van der Waals surface area contributed by atoms with Crippen molar-refractivity contribution in [2.45, 2.75) is 44.9 Å². The summed E-state index contributed by atoms with van der Waals surface area (Å²) in [5.74, 6) is 1.35. The summed E-state index contributed by atoms with van der Waals surface area (Å²) in [5, 5.41) is 4.21. The third kappa shape index (κ3) is 7.09. The molecule has 1 aromatic carbocycles. The number of hydrogen-bond donors (Lipinski definition) is 1. The lowest BCUT2D eigenvalue weighted by Gasteiger charge is -2.17. The summed E-state index contributed by atoms with van der Waals surface area (Å²) in [7, 11) is -0.818. The van der Waals surface area contributed by atoms with Gasteiger partial charge in [-0.1, -0.05) is 44.0 Å². The van der Waals surface area contributed by atoms with Crippen molar-refractivity contribution < 1.29 is 4.21 Å². The Kier molecular flexibility index (Phi) is 8.35. The van der Waals surface area contributed by atoms with E-state index in [1.54, 1.807) is 0 Å². The number of halogens is 1. The average molecular weight is 302 g/mol. The van der Waals surface area contributed by atoms with Gasteiger partial charge in [-0.2, -0.15) is 0 Å². The molecule has 0 fully saturated rings. The molecular formula is C15H24ClNOS. The van der Waals surface area contributed by atoms with Crippen molar-refractivity contribution in [2.24, 2.45) is 0 Å². The summed E-state index contributed by atoms with van der Waals surface area (Å²) in [6.45, 7) is 5.33. The third-order valence-corrected chi connectivity index (χ3v) is 4.63. The fraction of sp³-hybridized carbons (Fsp3) is 0.600. The largest absolute Gasteiger partial charge is 0.313 e. The minimum atomic E-state index is -0.818. The molecule has 0 saturated carbocycles. The van der Waals surface area contributed by atoms with E-state index in [-0.39, 0.29) is 0 Å². The summed E-state index contributed by atoms with van der Waals surface area (Å²) >= 11 is 5.85. The number of rotatable bonds is 9. The van der Waals surface area contributed by atoms with Crippen LogP contribution in [0, 0.1) is 0 Å². The smallest absolute Gasteiger partial charge is 0.0486 e. The van der Waals surface area contributed by atoms with Crippen LogP contribution in [0.3, 0.4) is 0 Å². The van der Waals surface area contributed by atoms with Crippen LogP contribution >= 0.6 is 11.6 Å². The second-order valence-electron chi connectivity index (χ2n) is 4.82. The second-order valence-corrected chi connectivity index (χ2v) is 6.76. The maximum Gasteiger partial charge on any atom is 0.0486 e. The minimum absolute atomic E-state index is 0.373. The first-order valence-electron chi connectivity index (χ1n) is 6.98. The molecule has 1 rings (SSSR count). The minimum Gasteiger partial charge on any atom is -0.313 e. The van der Waals surface area contributed by atoms with E-state index in [1.807, 2.05) is 24.3 Å². The molecule has 0 saturated heterocycles. The molecule has 0 aromatic heterocycles. The van der Waals surface area contributed by atoms with Gasteiger partial charge in [0.05, 0.1) is 0 Å². The fourth-order valence-electron chi connectivity index (χ4n) is 1.99. The van der Waals surface area contributed by atoms with Gasteiger partial charge in [0, 0.05) is 33.4 Å². The van der Waals surface area contributed by atoms with E-state index < -0.39 is 10.8 Å². The van der Waals surface area contributed by atoms with Gasteiger partial charge in [-0.25, -0.2) is 0 Å². The lowest BCUT2D eigenvalue weighted by atomic mass is 10.2. The van der Waals surface area contributed by atoms with Crippen molar-refractivity contribution in [3.8, 4) is 0 Å². The molecule has 4 heteroatoms. The fourth-order valence-corrected chi connectivity index (χ4v) is 3.53. The number of hydrogen-bond acceptors (Lipinski definition) is 2. The first-order chi connectivity index (χ1) is 9.15. The molecule has 0 bridgehead atoms. The quantitative estimate of drug-likeness (QED) is 0.752. The van der Waals surface area contributed by atoms with Crippen molar-refractivity contribution in [1.29, 1.82) is 0 Å². The molecule has 0 aliphatic heterocycles. The molecule has 0 radical (unpaired) electrons. The maximum absolute atomic E-state index is 12.2. The monoisotopic (exact) mass is 301 g/mol. The van der Waals surface area contributed by atoms with E-state index in [9.17, 15) is 4.21 Å². The van der Waals surface area contributed by atoms with E-state index in [0.29, 0.717) is 11.8 Å². The lowest BCUT2D eigenvalue weighted by Crippen LogP contribution is -2.34. The molecule has 0 aliphatic carbocycles. The summed E-state index contributed by atoms with van der Waals surface area (Å²) in [6, 6.07) is 7.99. The van der Waals surface area contributed by atoms with Crippen molar-refractivity contribution in [1.82, 2.24) is 5.32 Å². The molecule has 2 unspecified atom stereocenters. The predicted octanol–water partition coefficient (Wildman–Crippen LogP) is 3.76. The summed E-state index contributed by atoms with van der Waals surface area (Å²) in [4.78, 5) is 0. The molecule has 1 aromatic rings. The van der Waals surface area contributed by atoms with Gasteiger partial charge in [0.25, 0.3) is 0 Å². The first kappa shape index (κ1) is 16.7. The zero-order chi connectivity index (χ0) is 14.1. The standard InChI is InChI=1S/C15H24ClNOS/c1-3-5-15(17-10-4-2)12-19(18)11-13-6-8-14(16)9-7-13/h6-9,15,17H,3-5,10-12H2,1-2H3. The highest BCUT2D eigenvalue weighted by molar-refractivity contribution is 7.84. The van der Waals surface area contributed by atoms with Crippen LogP contribution in [0.4, 0.5) is 0 Å². The van der Waals surface area contributed by atoms with E-state index in [4.69, 9.17) is 11.6 Å². The van der Waals surface area contributed by atoms with E-state index in [1.165, 1.54) is 0 Å². The topological polar surface area (TPSA) is 29.1 Å². The van der Waals surface area contributed by atoms with Crippen LogP contribution in [0.5, 0.6) is 0 Å². The highest BCUT2D eigenvalue weighted by Gasteiger charge is 2.11. The molecule has 0 heterocycles. The van der Waals surface area contributed by atoms with Gasteiger partial charge in [-0.05, 0) is 37.1 Å². The van der Waals surface area contributed by atoms with Crippen LogP contribution in [0.1, 0.15) is 38.7 Å².